The van der Waals surface area contributed by atoms with E-state index in [0.717, 1.165) is 0 Å². The largest absolute Gasteiger partial charge is 0.350 e. The lowest BCUT2D eigenvalue weighted by Gasteiger charge is -2.24. The van der Waals surface area contributed by atoms with E-state index in [4.69, 9.17) is 5.73 Å². The molecule has 94 valence electrons. The monoisotopic (exact) mass is 248 g/mol. The molecule has 0 aromatic carbocycles. The van der Waals surface area contributed by atoms with Gasteiger partial charge in [0, 0.05) is 6.42 Å². The van der Waals surface area contributed by atoms with Crippen molar-refractivity contribution in [1.29, 1.82) is 0 Å². The molecule has 1 aliphatic rings. The summed E-state index contributed by atoms with van der Waals surface area (Å²) in [5.41, 5.74) is 4.84. The average molecular weight is 248 g/mol. The van der Waals surface area contributed by atoms with Crippen molar-refractivity contribution >= 4 is 15.7 Å². The standard InChI is InChI=1S/C10H20N2O3S/c1-8(6-11)5-9(13)12-10(2)3-4-16(14,15)7-10/h8H,3-7,11H2,1-2H3,(H,12,13). The fourth-order valence-electron chi connectivity index (χ4n) is 1.90. The first-order valence-corrected chi connectivity index (χ1v) is 7.30. The molecule has 2 atom stereocenters. The molecule has 0 aromatic rings. The van der Waals surface area contributed by atoms with Crippen LogP contribution in [0.5, 0.6) is 0 Å². The van der Waals surface area contributed by atoms with E-state index in [0.29, 0.717) is 19.4 Å². The van der Waals surface area contributed by atoms with Gasteiger partial charge in [0.2, 0.25) is 5.91 Å². The van der Waals surface area contributed by atoms with E-state index < -0.39 is 15.4 Å². The molecule has 6 heteroatoms. The molecule has 1 saturated heterocycles. The third kappa shape index (κ3) is 3.75. The molecule has 0 radical (unpaired) electrons. The van der Waals surface area contributed by atoms with Crippen molar-refractivity contribution in [2.24, 2.45) is 11.7 Å². The molecule has 1 fully saturated rings. The molecule has 1 aliphatic heterocycles. The Hall–Kier alpha value is -0.620. The average Bonchev–Trinajstić information content (AvgIpc) is 2.39. The van der Waals surface area contributed by atoms with Crippen molar-refractivity contribution < 1.29 is 13.2 Å². The van der Waals surface area contributed by atoms with Crippen LogP contribution in [0.15, 0.2) is 0 Å². The summed E-state index contributed by atoms with van der Waals surface area (Å²) in [6.45, 7) is 4.14. The van der Waals surface area contributed by atoms with Crippen LogP contribution in [0.4, 0.5) is 0 Å². The minimum Gasteiger partial charge on any atom is -0.350 e. The van der Waals surface area contributed by atoms with Gasteiger partial charge < -0.3 is 11.1 Å². The van der Waals surface area contributed by atoms with Gasteiger partial charge in [-0.15, -0.1) is 0 Å². The van der Waals surface area contributed by atoms with Gasteiger partial charge in [0.05, 0.1) is 17.0 Å². The predicted octanol–water partition coefficient (Wildman–Crippen LogP) is -0.335. The predicted molar refractivity (Wildman–Crippen MR) is 62.7 cm³/mol. The van der Waals surface area contributed by atoms with Crippen LogP contribution < -0.4 is 11.1 Å². The molecule has 0 saturated carbocycles. The minimum absolute atomic E-state index is 0.0444. The first-order chi connectivity index (χ1) is 7.26. The fourth-order valence-corrected chi connectivity index (χ4v) is 3.99. The number of nitrogens with one attached hydrogen (secondary N) is 1. The van der Waals surface area contributed by atoms with Crippen LogP contribution in [-0.2, 0) is 14.6 Å². The first kappa shape index (κ1) is 13.4. The lowest BCUT2D eigenvalue weighted by Crippen LogP contribution is -2.47. The summed E-state index contributed by atoms with van der Waals surface area (Å²) in [5, 5.41) is 2.80. The summed E-state index contributed by atoms with van der Waals surface area (Å²) >= 11 is 0. The van der Waals surface area contributed by atoms with Crippen molar-refractivity contribution in [3.05, 3.63) is 0 Å². The maximum absolute atomic E-state index is 11.6. The Morgan fingerprint density at radius 2 is 2.19 bits per heavy atom. The Bertz CT molecular complexity index is 366. The van der Waals surface area contributed by atoms with E-state index in [1.807, 2.05) is 6.92 Å². The summed E-state index contributed by atoms with van der Waals surface area (Å²) in [5.74, 6) is 0.220. The van der Waals surface area contributed by atoms with Gasteiger partial charge in [-0.1, -0.05) is 6.92 Å². The van der Waals surface area contributed by atoms with Crippen LogP contribution in [0.2, 0.25) is 0 Å². The lowest BCUT2D eigenvalue weighted by molar-refractivity contribution is -0.123. The normalized spacial score (nSPS) is 29.9. The van der Waals surface area contributed by atoms with Crippen molar-refractivity contribution in [2.45, 2.75) is 32.2 Å². The number of carbonyl (C=O) groups is 1. The number of nitrogens with two attached hydrogens (primary N) is 1. The fraction of sp³-hybridized carbons (Fsp3) is 0.900. The third-order valence-electron chi connectivity index (χ3n) is 2.88. The minimum atomic E-state index is -2.97. The van der Waals surface area contributed by atoms with E-state index in [1.54, 1.807) is 6.92 Å². The highest BCUT2D eigenvalue weighted by molar-refractivity contribution is 7.91. The third-order valence-corrected chi connectivity index (χ3v) is 4.78. The van der Waals surface area contributed by atoms with Gasteiger partial charge in [-0.2, -0.15) is 0 Å². The van der Waals surface area contributed by atoms with E-state index >= 15 is 0 Å². The van der Waals surface area contributed by atoms with E-state index in [-0.39, 0.29) is 23.3 Å². The molecule has 3 N–H and O–H groups in total. The highest BCUT2D eigenvalue weighted by Crippen LogP contribution is 2.23. The zero-order valence-corrected chi connectivity index (χ0v) is 10.6. The highest BCUT2D eigenvalue weighted by atomic mass is 32.2. The Morgan fingerprint density at radius 3 is 2.62 bits per heavy atom. The summed E-state index contributed by atoms with van der Waals surface area (Å²) in [6, 6.07) is 0. The van der Waals surface area contributed by atoms with Gasteiger partial charge in [0.1, 0.15) is 0 Å². The Balaban J connectivity index is 2.52. The maximum Gasteiger partial charge on any atom is 0.220 e. The molecule has 0 aromatic heterocycles. The lowest BCUT2D eigenvalue weighted by atomic mass is 10.0. The quantitative estimate of drug-likeness (QED) is 0.712. The van der Waals surface area contributed by atoms with Crippen molar-refractivity contribution in [3.8, 4) is 0 Å². The molecular formula is C10H20N2O3S. The van der Waals surface area contributed by atoms with Crippen LogP contribution in [0, 0.1) is 5.92 Å². The second kappa shape index (κ2) is 4.71. The smallest absolute Gasteiger partial charge is 0.220 e. The first-order valence-electron chi connectivity index (χ1n) is 5.48. The number of amides is 1. The molecular weight excluding hydrogens is 228 g/mol. The Labute approximate surface area is 96.7 Å². The van der Waals surface area contributed by atoms with Crippen LogP contribution >= 0.6 is 0 Å². The molecule has 5 nitrogen and oxygen atoms in total. The summed E-state index contributed by atoms with van der Waals surface area (Å²) in [4.78, 5) is 11.6. The molecule has 0 spiro atoms. The van der Waals surface area contributed by atoms with E-state index in [1.165, 1.54) is 0 Å². The van der Waals surface area contributed by atoms with Gasteiger partial charge in [-0.3, -0.25) is 4.79 Å². The van der Waals surface area contributed by atoms with Crippen LogP contribution in [0.25, 0.3) is 0 Å². The van der Waals surface area contributed by atoms with Crippen LogP contribution in [-0.4, -0.2) is 37.9 Å². The number of carbonyl (C=O) groups excluding carboxylic acids is 1. The van der Waals surface area contributed by atoms with Gasteiger partial charge in [-0.05, 0) is 25.8 Å². The molecule has 0 aliphatic carbocycles. The van der Waals surface area contributed by atoms with Gasteiger partial charge in [-0.25, -0.2) is 8.42 Å². The zero-order valence-electron chi connectivity index (χ0n) is 9.82. The zero-order chi connectivity index (χ0) is 12.4. The van der Waals surface area contributed by atoms with Crippen molar-refractivity contribution in [1.82, 2.24) is 5.32 Å². The highest BCUT2D eigenvalue weighted by Gasteiger charge is 2.39. The van der Waals surface area contributed by atoms with Crippen molar-refractivity contribution in [3.63, 3.8) is 0 Å². The molecule has 0 bridgehead atoms. The van der Waals surface area contributed by atoms with Crippen LogP contribution in [0.3, 0.4) is 0 Å². The Morgan fingerprint density at radius 1 is 1.56 bits per heavy atom. The number of rotatable bonds is 4. The summed E-state index contributed by atoms with van der Waals surface area (Å²) in [7, 11) is -2.97. The van der Waals surface area contributed by atoms with Crippen molar-refractivity contribution in [2.75, 3.05) is 18.1 Å². The Kier molecular flexibility index (Phi) is 3.96. The number of hydrogen-bond donors (Lipinski definition) is 2. The van der Waals surface area contributed by atoms with Gasteiger partial charge in [0.25, 0.3) is 0 Å². The van der Waals surface area contributed by atoms with E-state index in [2.05, 4.69) is 5.32 Å². The summed E-state index contributed by atoms with van der Waals surface area (Å²) < 4.78 is 22.7. The molecule has 1 rings (SSSR count). The van der Waals surface area contributed by atoms with Gasteiger partial charge in [0.15, 0.2) is 9.84 Å². The summed E-state index contributed by atoms with van der Waals surface area (Å²) in [6.07, 6.45) is 0.851. The second-order valence-electron chi connectivity index (χ2n) is 5.00. The number of sulfone groups is 1. The van der Waals surface area contributed by atoms with Gasteiger partial charge >= 0.3 is 0 Å². The molecule has 2 unspecified atom stereocenters. The van der Waals surface area contributed by atoms with Crippen LogP contribution in [0.1, 0.15) is 26.7 Å². The molecule has 16 heavy (non-hydrogen) atoms. The topological polar surface area (TPSA) is 89.3 Å². The van der Waals surface area contributed by atoms with E-state index in [9.17, 15) is 13.2 Å². The second-order valence-corrected chi connectivity index (χ2v) is 7.18. The molecule has 1 amide bonds. The number of hydrogen-bond acceptors (Lipinski definition) is 4. The maximum atomic E-state index is 11.6. The SMILES string of the molecule is CC(CN)CC(=O)NC1(C)CCS(=O)(=O)C1. The molecule has 1 heterocycles.